The molecule has 0 bridgehead atoms. The predicted octanol–water partition coefficient (Wildman–Crippen LogP) is 5.64. The summed E-state index contributed by atoms with van der Waals surface area (Å²) in [5, 5.41) is 3.70. The number of rotatable bonds is 5. The maximum absolute atomic E-state index is 13.3. The fourth-order valence-electron chi connectivity index (χ4n) is 4.94. The lowest BCUT2D eigenvalue weighted by Gasteiger charge is -2.38. The first-order chi connectivity index (χ1) is 15.4. The summed E-state index contributed by atoms with van der Waals surface area (Å²) in [5.41, 5.74) is 5.59. The van der Waals surface area contributed by atoms with Gasteiger partial charge < -0.3 is 5.32 Å². The molecular formula is C27H28N2O2S. The van der Waals surface area contributed by atoms with Crippen LogP contribution in [-0.4, -0.2) is 19.8 Å². The third-order valence-corrected chi connectivity index (χ3v) is 8.53. The molecule has 1 heterocycles. The smallest absolute Gasteiger partial charge is 0.243 e. The van der Waals surface area contributed by atoms with Crippen molar-refractivity contribution in [3.63, 3.8) is 0 Å². The molecule has 32 heavy (non-hydrogen) atoms. The number of hydrogen-bond acceptors (Lipinski definition) is 3. The van der Waals surface area contributed by atoms with Crippen LogP contribution in [0.4, 0.5) is 5.69 Å². The fraction of sp³-hybridized carbons (Fsp3) is 0.259. The zero-order valence-corrected chi connectivity index (χ0v) is 19.2. The van der Waals surface area contributed by atoms with Gasteiger partial charge in [0.2, 0.25) is 10.0 Å². The van der Waals surface area contributed by atoms with Gasteiger partial charge in [0, 0.05) is 25.2 Å². The highest BCUT2D eigenvalue weighted by atomic mass is 32.2. The van der Waals surface area contributed by atoms with Gasteiger partial charge in [-0.05, 0) is 54.2 Å². The van der Waals surface area contributed by atoms with Gasteiger partial charge in [0.1, 0.15) is 0 Å². The van der Waals surface area contributed by atoms with Crippen LogP contribution in [0.15, 0.2) is 89.8 Å². The topological polar surface area (TPSA) is 49.4 Å². The molecule has 5 rings (SSSR count). The monoisotopic (exact) mass is 444 g/mol. The molecule has 0 fully saturated rings. The molecule has 5 heteroatoms. The molecule has 2 aliphatic rings. The molecule has 164 valence electrons. The van der Waals surface area contributed by atoms with Gasteiger partial charge in [0.15, 0.2) is 0 Å². The quantitative estimate of drug-likeness (QED) is 0.518. The third-order valence-electron chi connectivity index (χ3n) is 6.73. The lowest BCUT2D eigenvalue weighted by Crippen LogP contribution is -2.30. The summed E-state index contributed by atoms with van der Waals surface area (Å²) in [6.45, 7) is 2.45. The summed E-state index contributed by atoms with van der Waals surface area (Å²) < 4.78 is 28.1. The van der Waals surface area contributed by atoms with Gasteiger partial charge >= 0.3 is 0 Å². The molecule has 0 saturated heterocycles. The summed E-state index contributed by atoms with van der Waals surface area (Å²) in [5.74, 6) is 0.595. The first-order valence-corrected chi connectivity index (χ1v) is 12.5. The number of aryl methyl sites for hydroxylation is 1. The van der Waals surface area contributed by atoms with Crippen molar-refractivity contribution in [2.45, 2.75) is 36.7 Å². The van der Waals surface area contributed by atoms with Gasteiger partial charge in [-0.15, -0.1) is 0 Å². The number of fused-ring (bicyclic) bond motifs is 3. The van der Waals surface area contributed by atoms with Crippen molar-refractivity contribution in [2.75, 3.05) is 12.4 Å². The van der Waals surface area contributed by atoms with Gasteiger partial charge in [-0.3, -0.25) is 0 Å². The molecule has 0 spiro atoms. The molecule has 1 aliphatic carbocycles. The Balaban J connectivity index is 1.46. The minimum atomic E-state index is -3.59. The van der Waals surface area contributed by atoms with Crippen molar-refractivity contribution >= 4 is 15.7 Å². The lowest BCUT2D eigenvalue weighted by molar-refractivity contribution is 0.424. The van der Waals surface area contributed by atoms with Crippen LogP contribution in [-0.2, 0) is 16.6 Å². The maximum Gasteiger partial charge on any atom is 0.243 e. The number of sulfonamides is 1. The van der Waals surface area contributed by atoms with Crippen LogP contribution < -0.4 is 5.32 Å². The second-order valence-electron chi connectivity index (χ2n) is 8.88. The largest absolute Gasteiger partial charge is 0.378 e. The van der Waals surface area contributed by atoms with Crippen LogP contribution in [0.2, 0.25) is 0 Å². The Morgan fingerprint density at radius 2 is 1.75 bits per heavy atom. The maximum atomic E-state index is 13.3. The summed E-state index contributed by atoms with van der Waals surface area (Å²) >= 11 is 0. The van der Waals surface area contributed by atoms with Crippen LogP contribution in [0.25, 0.3) is 0 Å². The average Bonchev–Trinajstić information content (AvgIpc) is 3.30. The van der Waals surface area contributed by atoms with Gasteiger partial charge in [0.05, 0.1) is 10.9 Å². The van der Waals surface area contributed by atoms with Crippen LogP contribution in [0.3, 0.4) is 0 Å². The van der Waals surface area contributed by atoms with E-state index in [0.29, 0.717) is 17.4 Å². The van der Waals surface area contributed by atoms with Crippen LogP contribution >= 0.6 is 0 Å². The Bertz CT molecular complexity index is 1250. The van der Waals surface area contributed by atoms with E-state index in [4.69, 9.17) is 0 Å². The summed E-state index contributed by atoms with van der Waals surface area (Å²) in [6.07, 6.45) is 5.46. The van der Waals surface area contributed by atoms with Crippen molar-refractivity contribution < 1.29 is 8.42 Å². The van der Waals surface area contributed by atoms with Crippen molar-refractivity contribution in [1.29, 1.82) is 0 Å². The molecule has 3 aromatic rings. The first-order valence-electron chi connectivity index (χ1n) is 11.1. The second kappa shape index (κ2) is 8.23. The molecule has 0 saturated carbocycles. The average molecular weight is 445 g/mol. The highest BCUT2D eigenvalue weighted by Crippen LogP contribution is 2.50. The van der Waals surface area contributed by atoms with Crippen molar-refractivity contribution in [1.82, 2.24) is 4.31 Å². The molecule has 0 radical (unpaired) electrons. The molecule has 1 N–H and O–H groups in total. The Kier molecular flexibility index (Phi) is 5.39. The van der Waals surface area contributed by atoms with Crippen molar-refractivity contribution in [3.8, 4) is 0 Å². The minimum Gasteiger partial charge on any atom is -0.378 e. The molecule has 3 atom stereocenters. The van der Waals surface area contributed by atoms with E-state index in [2.05, 4.69) is 48.7 Å². The van der Waals surface area contributed by atoms with Crippen LogP contribution in [0.1, 0.15) is 40.6 Å². The number of hydrogen-bond donors (Lipinski definition) is 1. The highest BCUT2D eigenvalue weighted by Gasteiger charge is 2.38. The second-order valence-corrected chi connectivity index (χ2v) is 10.9. The lowest BCUT2D eigenvalue weighted by atomic mass is 9.77. The third kappa shape index (κ3) is 3.76. The summed E-state index contributed by atoms with van der Waals surface area (Å²) in [4.78, 5) is 0.351. The van der Waals surface area contributed by atoms with Gasteiger partial charge in [-0.1, -0.05) is 72.3 Å². The normalized spacial score (nSPS) is 21.8. The van der Waals surface area contributed by atoms with E-state index in [1.165, 1.54) is 15.4 Å². The Morgan fingerprint density at radius 3 is 2.50 bits per heavy atom. The SMILES string of the molecule is Cc1ccc(C2Nc3ccc(S(=O)(=O)N(C)Cc4ccccc4)cc3C3C=CCC32)cc1. The van der Waals surface area contributed by atoms with Gasteiger partial charge in [-0.2, -0.15) is 4.31 Å². The van der Waals surface area contributed by atoms with Crippen molar-refractivity contribution in [2.24, 2.45) is 5.92 Å². The molecule has 0 aromatic heterocycles. The highest BCUT2D eigenvalue weighted by molar-refractivity contribution is 7.89. The molecule has 3 aromatic carbocycles. The molecule has 4 nitrogen and oxygen atoms in total. The molecule has 0 amide bonds. The first kappa shape index (κ1) is 21.0. The zero-order chi connectivity index (χ0) is 22.3. The van der Waals surface area contributed by atoms with Gasteiger partial charge in [-0.25, -0.2) is 8.42 Å². The number of nitrogens with one attached hydrogen (secondary N) is 1. The Morgan fingerprint density at radius 1 is 1.00 bits per heavy atom. The fourth-order valence-corrected chi connectivity index (χ4v) is 6.14. The Labute approximate surface area is 190 Å². The molecule has 3 unspecified atom stereocenters. The number of nitrogens with zero attached hydrogens (tertiary/aromatic N) is 1. The predicted molar refractivity (Wildman–Crippen MR) is 129 cm³/mol. The summed E-state index contributed by atoms with van der Waals surface area (Å²) in [7, 11) is -1.94. The van der Waals surface area contributed by atoms with E-state index in [0.717, 1.165) is 23.2 Å². The number of allylic oxidation sites excluding steroid dienone is 2. The van der Waals surface area contributed by atoms with E-state index in [-0.39, 0.29) is 12.0 Å². The van der Waals surface area contributed by atoms with E-state index < -0.39 is 10.0 Å². The van der Waals surface area contributed by atoms with E-state index in [1.807, 2.05) is 42.5 Å². The molecule has 1 aliphatic heterocycles. The minimum absolute atomic E-state index is 0.214. The van der Waals surface area contributed by atoms with Crippen molar-refractivity contribution in [3.05, 3.63) is 107 Å². The Hall–Kier alpha value is -2.89. The molecular weight excluding hydrogens is 416 g/mol. The van der Waals surface area contributed by atoms with Crippen LogP contribution in [0, 0.1) is 12.8 Å². The van der Waals surface area contributed by atoms with E-state index in [9.17, 15) is 8.42 Å². The zero-order valence-electron chi connectivity index (χ0n) is 18.4. The number of anilines is 1. The summed E-state index contributed by atoms with van der Waals surface area (Å²) in [6, 6.07) is 24.1. The number of benzene rings is 3. The van der Waals surface area contributed by atoms with Gasteiger partial charge in [0.25, 0.3) is 0 Å². The van der Waals surface area contributed by atoms with E-state index in [1.54, 1.807) is 13.1 Å². The van der Waals surface area contributed by atoms with Crippen LogP contribution in [0.5, 0.6) is 0 Å². The van der Waals surface area contributed by atoms with E-state index >= 15 is 0 Å². The standard InChI is InChI=1S/C27H28N2O2S/c1-19-11-13-21(14-12-19)27-24-10-6-9-23(24)25-17-22(15-16-26(25)28-27)32(30,31)29(2)18-20-7-4-3-5-8-20/h3-9,11-17,23-24,27-28H,10,18H2,1-2H3.